The molecule has 0 aliphatic heterocycles. The Labute approximate surface area is 120 Å². The lowest BCUT2D eigenvalue weighted by molar-refractivity contribution is -0.387. The van der Waals surface area contributed by atoms with Crippen molar-refractivity contribution in [3.8, 4) is 0 Å². The van der Waals surface area contributed by atoms with E-state index in [1.54, 1.807) is 18.2 Å². The van der Waals surface area contributed by atoms with Gasteiger partial charge in [-0.05, 0) is 37.4 Å². The summed E-state index contributed by atoms with van der Waals surface area (Å²) in [5.74, 6) is -0.979. The lowest BCUT2D eigenvalue weighted by Gasteiger charge is -2.13. The molecule has 110 valence electrons. The number of nitro benzene ring substituents is 1. The molecule has 0 aliphatic rings. The second-order valence-electron chi connectivity index (χ2n) is 4.12. The van der Waals surface area contributed by atoms with Crippen LogP contribution < -0.4 is 10.5 Å². The third-order valence-corrected chi connectivity index (χ3v) is 3.59. The molecule has 0 aliphatic carbocycles. The number of carboxylic acids is 1. The van der Waals surface area contributed by atoms with Gasteiger partial charge in [0.15, 0.2) is 0 Å². The zero-order valence-electron chi connectivity index (χ0n) is 10.8. The van der Waals surface area contributed by atoms with Crippen LogP contribution in [0.4, 0.5) is 5.69 Å². The van der Waals surface area contributed by atoms with Gasteiger partial charge in [0.1, 0.15) is 10.9 Å². The fourth-order valence-corrected chi connectivity index (χ4v) is 2.44. The van der Waals surface area contributed by atoms with Crippen LogP contribution in [-0.4, -0.2) is 28.6 Å². The molecule has 0 fully saturated rings. The first kappa shape index (κ1) is 16.4. The molecular weight excluding hydrogens is 282 g/mol. The molecule has 0 bridgehead atoms. The molecule has 4 N–H and O–H groups in total. The largest absolute Gasteiger partial charge is 0.480 e. The number of hydrogen-bond acceptors (Lipinski definition) is 6. The van der Waals surface area contributed by atoms with Gasteiger partial charge in [0.25, 0.3) is 5.69 Å². The maximum Gasteiger partial charge on any atom is 0.321 e. The summed E-state index contributed by atoms with van der Waals surface area (Å²) in [5.41, 5.74) is 5.32. The van der Waals surface area contributed by atoms with Crippen LogP contribution in [0.25, 0.3) is 0 Å². The maximum absolute atomic E-state index is 11.1. The van der Waals surface area contributed by atoms with Crippen LogP contribution in [0, 0.1) is 10.1 Å². The first-order chi connectivity index (χ1) is 9.56. The molecule has 0 radical (unpaired) electrons. The Bertz CT molecular complexity index is 470. The van der Waals surface area contributed by atoms with Crippen molar-refractivity contribution in [3.05, 3.63) is 34.4 Å². The van der Waals surface area contributed by atoms with E-state index < -0.39 is 16.9 Å². The van der Waals surface area contributed by atoms with Crippen LogP contribution in [0.15, 0.2) is 29.2 Å². The monoisotopic (exact) mass is 299 g/mol. The summed E-state index contributed by atoms with van der Waals surface area (Å²) in [4.78, 5) is 21.8. The summed E-state index contributed by atoms with van der Waals surface area (Å²) in [6.07, 6.45) is 1.87. The Morgan fingerprint density at radius 3 is 2.75 bits per heavy atom. The smallest absolute Gasteiger partial charge is 0.321 e. The molecule has 0 heterocycles. The van der Waals surface area contributed by atoms with Crippen LogP contribution in [0.1, 0.15) is 19.3 Å². The van der Waals surface area contributed by atoms with Crippen molar-refractivity contribution >= 4 is 23.6 Å². The number of unbranched alkanes of at least 4 members (excludes halogenated alkanes) is 1. The molecule has 0 amide bonds. The summed E-state index contributed by atoms with van der Waals surface area (Å²) in [6, 6.07) is 5.44. The van der Waals surface area contributed by atoms with E-state index in [4.69, 9.17) is 10.8 Å². The number of carbonyl (C=O) groups is 1. The second kappa shape index (κ2) is 8.51. The minimum Gasteiger partial charge on any atom is -0.480 e. The number of nitro groups is 1. The van der Waals surface area contributed by atoms with Crippen molar-refractivity contribution in [1.82, 2.24) is 4.72 Å². The van der Waals surface area contributed by atoms with Crippen LogP contribution in [-0.2, 0) is 4.79 Å². The highest BCUT2D eigenvalue weighted by molar-refractivity contribution is 7.97. The average Bonchev–Trinajstić information content (AvgIpc) is 2.42. The van der Waals surface area contributed by atoms with E-state index in [2.05, 4.69) is 4.72 Å². The predicted octanol–water partition coefficient (Wildman–Crippen LogP) is 1.77. The summed E-state index contributed by atoms with van der Waals surface area (Å²) in [6.45, 7) is 0.517. The minimum absolute atomic E-state index is 0.0453. The summed E-state index contributed by atoms with van der Waals surface area (Å²) < 4.78 is 2.76. The van der Waals surface area contributed by atoms with Gasteiger partial charge in [-0.15, -0.1) is 0 Å². The maximum atomic E-state index is 11.1. The number of nitrogens with zero attached hydrogens (tertiary/aromatic N) is 1. The number of carboxylic acid groups (broad SMARTS) is 1. The van der Waals surface area contributed by atoms with Crippen LogP contribution in [0.3, 0.4) is 0 Å². The first-order valence-electron chi connectivity index (χ1n) is 6.15. The van der Waals surface area contributed by atoms with Crippen LogP contribution in [0.2, 0.25) is 0 Å². The van der Waals surface area contributed by atoms with Crippen LogP contribution in [0.5, 0.6) is 0 Å². The number of aliphatic carboxylic acids is 1. The molecule has 1 aromatic rings. The van der Waals surface area contributed by atoms with E-state index in [0.717, 1.165) is 18.4 Å². The molecule has 1 rings (SSSR count). The van der Waals surface area contributed by atoms with Gasteiger partial charge in [-0.1, -0.05) is 18.6 Å². The molecule has 0 aromatic heterocycles. The molecular formula is C12H17N3O4S. The summed E-state index contributed by atoms with van der Waals surface area (Å²) in [7, 11) is 0. The Kier molecular flexibility index (Phi) is 6.99. The van der Waals surface area contributed by atoms with Gasteiger partial charge in [-0.25, -0.2) is 4.72 Å². The van der Waals surface area contributed by atoms with Gasteiger partial charge in [0.2, 0.25) is 0 Å². The third kappa shape index (κ3) is 5.16. The Morgan fingerprint density at radius 1 is 1.45 bits per heavy atom. The van der Waals surface area contributed by atoms with E-state index in [1.807, 2.05) is 0 Å². The highest BCUT2D eigenvalue weighted by atomic mass is 32.2. The topological polar surface area (TPSA) is 118 Å². The third-order valence-electron chi connectivity index (χ3n) is 2.62. The van der Waals surface area contributed by atoms with Crippen molar-refractivity contribution in [2.45, 2.75) is 30.2 Å². The van der Waals surface area contributed by atoms with E-state index in [9.17, 15) is 14.9 Å². The van der Waals surface area contributed by atoms with Gasteiger partial charge >= 0.3 is 5.97 Å². The number of hydrogen-bond donors (Lipinski definition) is 3. The SMILES string of the molecule is NCCCCC(NSc1ccccc1[N+](=O)[O-])C(=O)O. The first-order valence-corrected chi connectivity index (χ1v) is 6.96. The summed E-state index contributed by atoms with van der Waals surface area (Å²) >= 11 is 0.966. The molecule has 7 nitrogen and oxygen atoms in total. The fourth-order valence-electron chi connectivity index (χ4n) is 1.55. The zero-order valence-corrected chi connectivity index (χ0v) is 11.6. The Morgan fingerprint density at radius 2 is 2.15 bits per heavy atom. The van der Waals surface area contributed by atoms with Gasteiger partial charge in [-0.3, -0.25) is 14.9 Å². The number of nitrogens with two attached hydrogens (primary N) is 1. The number of benzene rings is 1. The highest BCUT2D eigenvalue weighted by Crippen LogP contribution is 2.27. The van der Waals surface area contributed by atoms with Gasteiger partial charge in [0, 0.05) is 6.07 Å². The highest BCUT2D eigenvalue weighted by Gasteiger charge is 2.19. The summed E-state index contributed by atoms with van der Waals surface area (Å²) in [5, 5.41) is 19.9. The molecule has 1 aromatic carbocycles. The molecule has 0 saturated heterocycles. The zero-order chi connectivity index (χ0) is 15.0. The van der Waals surface area contributed by atoms with Crippen molar-refractivity contribution in [2.24, 2.45) is 5.73 Å². The van der Waals surface area contributed by atoms with E-state index in [1.165, 1.54) is 6.07 Å². The average molecular weight is 299 g/mol. The van der Waals surface area contributed by atoms with Crippen molar-refractivity contribution in [3.63, 3.8) is 0 Å². The standard InChI is InChI=1S/C12H17N3O4S/c13-8-4-3-5-9(12(16)17)14-20-11-7-2-1-6-10(11)15(18)19/h1-2,6-7,9,14H,3-5,8,13H2,(H,16,17). The van der Waals surface area contributed by atoms with E-state index in [-0.39, 0.29) is 5.69 Å². The molecule has 20 heavy (non-hydrogen) atoms. The number of para-hydroxylation sites is 1. The van der Waals surface area contributed by atoms with Gasteiger partial charge in [0.05, 0.1) is 4.92 Å². The van der Waals surface area contributed by atoms with E-state index >= 15 is 0 Å². The van der Waals surface area contributed by atoms with Gasteiger partial charge in [-0.2, -0.15) is 0 Å². The fraction of sp³-hybridized carbons (Fsp3) is 0.417. The van der Waals surface area contributed by atoms with E-state index in [0.29, 0.717) is 24.3 Å². The second-order valence-corrected chi connectivity index (χ2v) is 5.00. The molecule has 0 saturated carbocycles. The minimum atomic E-state index is -0.979. The van der Waals surface area contributed by atoms with Crippen molar-refractivity contribution < 1.29 is 14.8 Å². The lowest BCUT2D eigenvalue weighted by Crippen LogP contribution is -2.32. The quantitative estimate of drug-likeness (QED) is 0.275. The normalized spacial score (nSPS) is 12.1. The Hall–Kier alpha value is -1.64. The molecule has 0 spiro atoms. The number of nitrogens with one attached hydrogen (secondary N) is 1. The molecule has 8 heteroatoms. The molecule has 1 atom stereocenters. The Balaban J connectivity index is 2.63. The van der Waals surface area contributed by atoms with Crippen LogP contribution >= 0.6 is 11.9 Å². The van der Waals surface area contributed by atoms with Gasteiger partial charge < -0.3 is 10.8 Å². The molecule has 1 unspecified atom stereocenters. The van der Waals surface area contributed by atoms with Crippen molar-refractivity contribution in [2.75, 3.05) is 6.54 Å². The number of rotatable bonds is 9. The van der Waals surface area contributed by atoms with Crippen molar-refractivity contribution in [1.29, 1.82) is 0 Å². The lowest BCUT2D eigenvalue weighted by atomic mass is 10.1. The predicted molar refractivity (Wildman–Crippen MR) is 76.4 cm³/mol.